The molecule has 2 heterocycles. The van der Waals surface area contributed by atoms with Crippen LogP contribution in [0.3, 0.4) is 0 Å². The molecule has 1 aromatic rings. The van der Waals surface area contributed by atoms with Crippen molar-refractivity contribution in [3.05, 3.63) is 23.9 Å². The number of aromatic nitrogens is 1. The van der Waals surface area contributed by atoms with Crippen molar-refractivity contribution in [3.8, 4) is 6.07 Å². The van der Waals surface area contributed by atoms with Gasteiger partial charge in [0, 0.05) is 25.3 Å². The summed E-state index contributed by atoms with van der Waals surface area (Å²) < 4.78 is 0. The molecule has 15 heavy (non-hydrogen) atoms. The normalized spacial score (nSPS) is 32.3. The lowest BCUT2D eigenvalue weighted by Gasteiger charge is -2.19. The first-order valence-electron chi connectivity index (χ1n) is 5.16. The molecule has 2 aliphatic rings. The molecule has 1 aliphatic heterocycles. The number of hydrogen-bond acceptors (Lipinski definition) is 4. The van der Waals surface area contributed by atoms with Gasteiger partial charge in [-0.1, -0.05) is 0 Å². The number of hydrogen-bond donors (Lipinski definition) is 1. The van der Waals surface area contributed by atoms with Gasteiger partial charge in [-0.05, 0) is 24.0 Å². The van der Waals surface area contributed by atoms with E-state index in [0.717, 1.165) is 18.9 Å². The largest absolute Gasteiger partial charge is 0.356 e. The van der Waals surface area contributed by atoms with E-state index in [2.05, 4.69) is 16.0 Å². The molecule has 2 N–H and O–H groups in total. The summed E-state index contributed by atoms with van der Waals surface area (Å²) in [6.45, 7) is 2.04. The number of fused-ring (bicyclic) bond motifs is 1. The maximum Gasteiger partial charge on any atom is 0.128 e. The van der Waals surface area contributed by atoms with Crippen LogP contribution < -0.4 is 10.6 Å². The zero-order valence-corrected chi connectivity index (χ0v) is 8.30. The van der Waals surface area contributed by atoms with Crippen molar-refractivity contribution < 1.29 is 0 Å². The number of piperidine rings is 1. The van der Waals surface area contributed by atoms with Crippen LogP contribution in [0.5, 0.6) is 0 Å². The van der Waals surface area contributed by atoms with E-state index in [0.29, 0.717) is 23.4 Å². The van der Waals surface area contributed by atoms with E-state index in [-0.39, 0.29) is 0 Å². The molecule has 76 valence electrons. The van der Waals surface area contributed by atoms with Crippen molar-refractivity contribution in [2.75, 3.05) is 18.0 Å². The van der Waals surface area contributed by atoms with E-state index in [1.165, 1.54) is 0 Å². The molecule has 0 spiro atoms. The first-order valence-corrected chi connectivity index (χ1v) is 5.16. The number of pyridine rings is 1. The van der Waals surface area contributed by atoms with Crippen molar-refractivity contribution in [2.45, 2.75) is 6.04 Å². The van der Waals surface area contributed by atoms with Gasteiger partial charge in [0.25, 0.3) is 0 Å². The molecule has 0 amide bonds. The molecule has 0 aromatic carbocycles. The van der Waals surface area contributed by atoms with Crippen LogP contribution in [0, 0.1) is 23.2 Å². The molecule has 1 saturated carbocycles. The van der Waals surface area contributed by atoms with Gasteiger partial charge in [-0.2, -0.15) is 5.26 Å². The summed E-state index contributed by atoms with van der Waals surface area (Å²) in [6, 6.07) is 6.21. The van der Waals surface area contributed by atoms with Crippen molar-refractivity contribution in [1.82, 2.24) is 4.98 Å². The second-order valence-electron chi connectivity index (χ2n) is 4.33. The number of rotatable bonds is 1. The third-order valence-corrected chi connectivity index (χ3v) is 3.46. The summed E-state index contributed by atoms with van der Waals surface area (Å²) in [5, 5.41) is 8.66. The standard InChI is InChI=1S/C11H12N4/c12-3-7-1-2-10(14-4-7)15-5-8-9(6-15)11(8)13/h1-2,4,8-9,11H,5-6,13H2. The minimum Gasteiger partial charge on any atom is -0.356 e. The van der Waals surface area contributed by atoms with Crippen LogP contribution in [0.25, 0.3) is 0 Å². The van der Waals surface area contributed by atoms with Crippen LogP contribution in [0.2, 0.25) is 0 Å². The predicted octanol–water partition coefficient (Wildman–Crippen LogP) is 0.347. The Hall–Kier alpha value is -1.60. The highest BCUT2D eigenvalue weighted by Crippen LogP contribution is 2.44. The van der Waals surface area contributed by atoms with Gasteiger partial charge in [0.05, 0.1) is 5.56 Å². The molecule has 4 heteroatoms. The Bertz CT molecular complexity index is 407. The van der Waals surface area contributed by atoms with Crippen molar-refractivity contribution in [2.24, 2.45) is 17.6 Å². The summed E-state index contributed by atoms with van der Waals surface area (Å²) in [5.41, 5.74) is 6.48. The third kappa shape index (κ3) is 1.28. The zero-order chi connectivity index (χ0) is 10.4. The minimum absolute atomic E-state index is 0.416. The average Bonchev–Trinajstić information content (AvgIpc) is 2.74. The third-order valence-electron chi connectivity index (χ3n) is 3.46. The van der Waals surface area contributed by atoms with E-state index >= 15 is 0 Å². The van der Waals surface area contributed by atoms with Gasteiger partial charge in [-0.25, -0.2) is 4.98 Å². The van der Waals surface area contributed by atoms with Crippen molar-refractivity contribution >= 4 is 5.82 Å². The van der Waals surface area contributed by atoms with Crippen LogP contribution in [0.4, 0.5) is 5.82 Å². The Labute approximate surface area is 88.3 Å². The number of nitrogens with zero attached hydrogens (tertiary/aromatic N) is 3. The van der Waals surface area contributed by atoms with Gasteiger partial charge in [-0.15, -0.1) is 0 Å². The molecule has 0 bridgehead atoms. The molecule has 1 aromatic heterocycles. The lowest BCUT2D eigenvalue weighted by Crippen LogP contribution is -2.28. The predicted molar refractivity (Wildman–Crippen MR) is 56.1 cm³/mol. The maximum absolute atomic E-state index is 8.66. The van der Waals surface area contributed by atoms with Crippen LogP contribution in [0.15, 0.2) is 18.3 Å². The van der Waals surface area contributed by atoms with Gasteiger partial charge in [0.15, 0.2) is 0 Å². The quantitative estimate of drug-likeness (QED) is 0.710. The van der Waals surface area contributed by atoms with E-state index in [4.69, 9.17) is 11.0 Å². The molecule has 0 radical (unpaired) electrons. The lowest BCUT2D eigenvalue weighted by molar-refractivity contribution is 0.735. The minimum atomic E-state index is 0.416. The Morgan fingerprint density at radius 2 is 2.13 bits per heavy atom. The topological polar surface area (TPSA) is 65.9 Å². The van der Waals surface area contributed by atoms with E-state index < -0.39 is 0 Å². The number of nitriles is 1. The van der Waals surface area contributed by atoms with Crippen LogP contribution in [-0.4, -0.2) is 24.1 Å². The highest BCUT2D eigenvalue weighted by atomic mass is 15.2. The fourth-order valence-corrected chi connectivity index (χ4v) is 2.40. The van der Waals surface area contributed by atoms with Gasteiger partial charge < -0.3 is 10.6 Å². The molecule has 1 aliphatic carbocycles. The Morgan fingerprint density at radius 1 is 1.40 bits per heavy atom. The molecular formula is C11H12N4. The van der Waals surface area contributed by atoms with Gasteiger partial charge in [0.2, 0.25) is 0 Å². The highest BCUT2D eigenvalue weighted by molar-refractivity contribution is 5.45. The van der Waals surface area contributed by atoms with Crippen LogP contribution in [-0.2, 0) is 0 Å². The zero-order valence-electron chi connectivity index (χ0n) is 8.30. The molecular weight excluding hydrogens is 188 g/mol. The van der Waals surface area contributed by atoms with Crippen molar-refractivity contribution in [1.29, 1.82) is 5.26 Å². The average molecular weight is 200 g/mol. The van der Waals surface area contributed by atoms with Crippen molar-refractivity contribution in [3.63, 3.8) is 0 Å². The lowest BCUT2D eigenvalue weighted by atomic mass is 10.3. The van der Waals surface area contributed by atoms with E-state index in [1.807, 2.05) is 12.1 Å². The molecule has 2 unspecified atom stereocenters. The summed E-state index contributed by atoms with van der Waals surface area (Å²) >= 11 is 0. The Morgan fingerprint density at radius 3 is 2.67 bits per heavy atom. The van der Waals surface area contributed by atoms with Gasteiger partial charge >= 0.3 is 0 Å². The van der Waals surface area contributed by atoms with Gasteiger partial charge in [-0.3, -0.25) is 0 Å². The maximum atomic E-state index is 8.66. The van der Waals surface area contributed by atoms with E-state index in [9.17, 15) is 0 Å². The summed E-state index contributed by atoms with van der Waals surface area (Å²) in [5.74, 6) is 2.30. The van der Waals surface area contributed by atoms with Crippen LogP contribution in [0.1, 0.15) is 5.56 Å². The first-order chi connectivity index (χ1) is 7.29. The summed E-state index contributed by atoms with van der Waals surface area (Å²) in [6.07, 6.45) is 1.62. The smallest absolute Gasteiger partial charge is 0.128 e. The fraction of sp³-hybridized carbons (Fsp3) is 0.455. The SMILES string of the molecule is N#Cc1ccc(N2CC3C(N)C3C2)nc1. The molecule has 1 saturated heterocycles. The highest BCUT2D eigenvalue weighted by Gasteiger charge is 2.53. The first kappa shape index (κ1) is 8.69. The molecule has 2 fully saturated rings. The van der Waals surface area contributed by atoms with Gasteiger partial charge in [0.1, 0.15) is 11.9 Å². The Balaban J connectivity index is 1.75. The summed E-state index contributed by atoms with van der Waals surface area (Å²) in [4.78, 5) is 6.52. The molecule has 2 atom stereocenters. The number of anilines is 1. The molecule has 4 nitrogen and oxygen atoms in total. The fourth-order valence-electron chi connectivity index (χ4n) is 2.40. The summed E-state index contributed by atoms with van der Waals surface area (Å²) in [7, 11) is 0. The monoisotopic (exact) mass is 200 g/mol. The number of nitrogens with two attached hydrogens (primary N) is 1. The Kier molecular flexibility index (Phi) is 1.70. The second kappa shape index (κ2) is 2.94. The van der Waals surface area contributed by atoms with Crippen LogP contribution >= 0.6 is 0 Å². The second-order valence-corrected chi connectivity index (χ2v) is 4.33. The molecule has 3 rings (SSSR count). The van der Waals surface area contributed by atoms with E-state index in [1.54, 1.807) is 6.20 Å².